The van der Waals surface area contributed by atoms with E-state index in [1.807, 2.05) is 18.4 Å². The number of methoxy groups -OCH3 is 1. The van der Waals surface area contributed by atoms with Crippen molar-refractivity contribution in [3.8, 4) is 11.5 Å². The number of anilines is 1. The van der Waals surface area contributed by atoms with E-state index in [2.05, 4.69) is 10.0 Å². The third-order valence-electron chi connectivity index (χ3n) is 4.18. The van der Waals surface area contributed by atoms with Gasteiger partial charge < -0.3 is 14.8 Å². The molecule has 0 saturated heterocycles. The Bertz CT molecular complexity index is 977. The Hall–Kier alpha value is -2.23. The van der Waals surface area contributed by atoms with Gasteiger partial charge in [-0.3, -0.25) is 4.79 Å². The van der Waals surface area contributed by atoms with Crippen LogP contribution in [0, 0.1) is 5.92 Å². The van der Waals surface area contributed by atoms with Gasteiger partial charge in [-0.25, -0.2) is 13.1 Å². The zero-order chi connectivity index (χ0) is 22.3. The topological polar surface area (TPSA) is 93.7 Å². The number of hydrogen-bond donors (Lipinski definition) is 2. The van der Waals surface area contributed by atoms with Gasteiger partial charge >= 0.3 is 0 Å². The largest absolute Gasteiger partial charge is 0.493 e. The molecule has 1 unspecified atom stereocenters. The summed E-state index contributed by atoms with van der Waals surface area (Å²) < 4.78 is 39.2. The predicted octanol–water partition coefficient (Wildman–Crippen LogP) is 3.76. The number of thioether (sulfide) groups is 1. The fourth-order valence-electron chi connectivity index (χ4n) is 2.55. The number of amides is 1. The van der Waals surface area contributed by atoms with Crippen LogP contribution >= 0.6 is 11.8 Å². The van der Waals surface area contributed by atoms with Gasteiger partial charge in [-0.15, -0.1) is 11.8 Å². The Morgan fingerprint density at radius 2 is 1.77 bits per heavy atom. The predicted molar refractivity (Wildman–Crippen MR) is 120 cm³/mol. The van der Waals surface area contributed by atoms with Crippen molar-refractivity contribution in [3.05, 3.63) is 42.5 Å². The molecule has 7 nitrogen and oxygen atoms in total. The lowest BCUT2D eigenvalue weighted by Crippen LogP contribution is -2.36. The number of nitrogens with one attached hydrogen (secondary N) is 2. The monoisotopic (exact) mass is 452 g/mol. The van der Waals surface area contributed by atoms with Gasteiger partial charge in [-0.2, -0.15) is 0 Å². The summed E-state index contributed by atoms with van der Waals surface area (Å²) in [5.41, 5.74) is 0.474. The first-order chi connectivity index (χ1) is 14.2. The highest BCUT2D eigenvalue weighted by molar-refractivity contribution is 7.98. The SMILES string of the molecule is COc1ccccc1OCC(C)NS(=O)(=O)c1ccc(SC)c(NC(=O)C(C)C)c1. The van der Waals surface area contributed by atoms with E-state index >= 15 is 0 Å². The molecular weight excluding hydrogens is 424 g/mol. The molecule has 1 amide bonds. The van der Waals surface area contributed by atoms with E-state index in [1.54, 1.807) is 46.1 Å². The number of benzene rings is 2. The number of sulfonamides is 1. The summed E-state index contributed by atoms with van der Waals surface area (Å²) in [5, 5.41) is 2.80. The second-order valence-electron chi connectivity index (χ2n) is 6.99. The molecule has 2 N–H and O–H groups in total. The van der Waals surface area contributed by atoms with E-state index in [1.165, 1.54) is 23.9 Å². The highest BCUT2D eigenvalue weighted by Crippen LogP contribution is 2.29. The fourth-order valence-corrected chi connectivity index (χ4v) is 4.34. The summed E-state index contributed by atoms with van der Waals surface area (Å²) in [6.45, 7) is 5.39. The maximum atomic E-state index is 12.8. The molecule has 2 rings (SSSR count). The first-order valence-corrected chi connectivity index (χ1v) is 12.2. The van der Waals surface area contributed by atoms with Crippen LogP contribution in [0.1, 0.15) is 20.8 Å². The molecule has 30 heavy (non-hydrogen) atoms. The summed E-state index contributed by atoms with van der Waals surface area (Å²) in [7, 11) is -2.26. The Morgan fingerprint density at radius 1 is 1.10 bits per heavy atom. The van der Waals surface area contributed by atoms with Crippen molar-refractivity contribution in [1.82, 2.24) is 4.72 Å². The van der Waals surface area contributed by atoms with Gasteiger partial charge in [-0.05, 0) is 43.5 Å². The molecule has 0 aromatic heterocycles. The Balaban J connectivity index is 2.13. The molecule has 0 bridgehead atoms. The Kier molecular flexibility index (Phi) is 8.57. The van der Waals surface area contributed by atoms with Crippen LogP contribution in [0.2, 0.25) is 0 Å². The van der Waals surface area contributed by atoms with Gasteiger partial charge in [0.05, 0.1) is 23.7 Å². The van der Waals surface area contributed by atoms with Crippen molar-refractivity contribution in [2.45, 2.75) is 36.6 Å². The van der Waals surface area contributed by atoms with E-state index in [0.717, 1.165) is 4.90 Å². The van der Waals surface area contributed by atoms with Crippen LogP contribution in [0.15, 0.2) is 52.3 Å². The maximum absolute atomic E-state index is 12.8. The van der Waals surface area contributed by atoms with Crippen molar-refractivity contribution < 1.29 is 22.7 Å². The van der Waals surface area contributed by atoms with Crippen LogP contribution in [-0.4, -0.2) is 40.3 Å². The molecule has 0 heterocycles. The van der Waals surface area contributed by atoms with E-state index in [-0.39, 0.29) is 23.3 Å². The summed E-state index contributed by atoms with van der Waals surface area (Å²) in [5.74, 6) is 0.719. The number of carbonyl (C=O) groups is 1. The lowest BCUT2D eigenvalue weighted by atomic mass is 10.2. The van der Waals surface area contributed by atoms with Crippen molar-refractivity contribution in [1.29, 1.82) is 0 Å². The van der Waals surface area contributed by atoms with E-state index in [4.69, 9.17) is 9.47 Å². The Labute approximate surface area is 182 Å². The van der Waals surface area contributed by atoms with Gasteiger partial charge in [0.25, 0.3) is 0 Å². The minimum Gasteiger partial charge on any atom is -0.493 e. The lowest BCUT2D eigenvalue weighted by molar-refractivity contribution is -0.118. The minimum atomic E-state index is -3.80. The molecule has 0 spiro atoms. The summed E-state index contributed by atoms with van der Waals surface area (Å²) in [4.78, 5) is 12.9. The molecule has 164 valence electrons. The van der Waals surface area contributed by atoms with Crippen LogP contribution in [0.3, 0.4) is 0 Å². The average molecular weight is 453 g/mol. The van der Waals surface area contributed by atoms with Crippen LogP contribution < -0.4 is 19.5 Å². The molecule has 0 fully saturated rings. The van der Waals surface area contributed by atoms with Gasteiger partial charge in [0.2, 0.25) is 15.9 Å². The molecule has 2 aromatic rings. The second kappa shape index (κ2) is 10.7. The third kappa shape index (κ3) is 6.38. The summed E-state index contributed by atoms with van der Waals surface area (Å²) >= 11 is 1.43. The molecule has 9 heteroatoms. The highest BCUT2D eigenvalue weighted by Gasteiger charge is 2.20. The number of hydrogen-bond acceptors (Lipinski definition) is 6. The van der Waals surface area contributed by atoms with Crippen LogP contribution in [0.5, 0.6) is 11.5 Å². The minimum absolute atomic E-state index is 0.0727. The number of para-hydroxylation sites is 2. The van der Waals surface area contributed by atoms with Crippen molar-refractivity contribution in [2.75, 3.05) is 25.3 Å². The van der Waals surface area contributed by atoms with Gasteiger partial charge in [-0.1, -0.05) is 26.0 Å². The zero-order valence-corrected chi connectivity index (χ0v) is 19.4. The van der Waals surface area contributed by atoms with Crippen molar-refractivity contribution >= 4 is 33.4 Å². The highest BCUT2D eigenvalue weighted by atomic mass is 32.2. The first kappa shape index (κ1) is 24.0. The third-order valence-corrected chi connectivity index (χ3v) is 6.56. The molecule has 0 radical (unpaired) electrons. The van der Waals surface area contributed by atoms with E-state index in [9.17, 15) is 13.2 Å². The van der Waals surface area contributed by atoms with Crippen molar-refractivity contribution in [3.63, 3.8) is 0 Å². The van der Waals surface area contributed by atoms with Crippen LogP contribution in [0.4, 0.5) is 5.69 Å². The molecule has 0 saturated carbocycles. The fraction of sp³-hybridized carbons (Fsp3) is 0.381. The van der Waals surface area contributed by atoms with Crippen LogP contribution in [-0.2, 0) is 14.8 Å². The first-order valence-electron chi connectivity index (χ1n) is 9.45. The summed E-state index contributed by atoms with van der Waals surface area (Å²) in [6.07, 6.45) is 1.87. The van der Waals surface area contributed by atoms with Gasteiger partial charge in [0, 0.05) is 10.8 Å². The molecule has 0 aliphatic heterocycles. The van der Waals surface area contributed by atoms with Crippen LogP contribution in [0.25, 0.3) is 0 Å². The Morgan fingerprint density at radius 3 is 2.37 bits per heavy atom. The smallest absolute Gasteiger partial charge is 0.241 e. The molecule has 0 aliphatic carbocycles. The van der Waals surface area contributed by atoms with E-state index < -0.39 is 16.1 Å². The summed E-state index contributed by atoms with van der Waals surface area (Å²) in [6, 6.07) is 11.3. The molecule has 0 aliphatic rings. The standard InChI is InChI=1S/C21H28N2O5S2/c1-14(2)21(24)22-17-12-16(10-11-20(17)29-5)30(25,26)23-15(3)13-28-19-9-7-6-8-18(19)27-4/h6-12,14-15,23H,13H2,1-5H3,(H,22,24). The van der Waals surface area contributed by atoms with Gasteiger partial charge in [0.1, 0.15) is 6.61 Å². The molecular formula is C21H28N2O5S2. The normalized spacial score (nSPS) is 12.5. The van der Waals surface area contributed by atoms with Crippen molar-refractivity contribution in [2.24, 2.45) is 5.92 Å². The number of ether oxygens (including phenoxy) is 2. The number of rotatable bonds is 10. The molecule has 2 aromatic carbocycles. The quantitative estimate of drug-likeness (QED) is 0.533. The maximum Gasteiger partial charge on any atom is 0.241 e. The lowest BCUT2D eigenvalue weighted by Gasteiger charge is -2.18. The zero-order valence-electron chi connectivity index (χ0n) is 17.8. The van der Waals surface area contributed by atoms with E-state index in [0.29, 0.717) is 17.2 Å². The van der Waals surface area contributed by atoms with Gasteiger partial charge in [0.15, 0.2) is 11.5 Å². The second-order valence-corrected chi connectivity index (χ2v) is 9.55. The molecule has 1 atom stereocenters. The average Bonchev–Trinajstić information content (AvgIpc) is 2.71. The number of carbonyl (C=O) groups excluding carboxylic acids is 1.